The largest absolute Gasteiger partial charge is 0.497 e. The van der Waals surface area contributed by atoms with Crippen molar-refractivity contribution in [2.24, 2.45) is 5.73 Å². The summed E-state index contributed by atoms with van der Waals surface area (Å²) in [4.78, 5) is 17.4. The number of piperidine rings is 1. The summed E-state index contributed by atoms with van der Waals surface area (Å²) in [5, 5.41) is 0. The lowest BCUT2D eigenvalue weighted by Crippen LogP contribution is -2.30. The Bertz CT molecular complexity index is 876. The van der Waals surface area contributed by atoms with Crippen molar-refractivity contribution in [1.29, 1.82) is 0 Å². The molecular weight excluding hydrogens is 454 g/mol. The molecule has 1 aliphatic rings. The van der Waals surface area contributed by atoms with Crippen LogP contribution in [0, 0.1) is 6.92 Å². The summed E-state index contributed by atoms with van der Waals surface area (Å²) in [5.74, 6) is 1.64. The molecule has 0 unspecified atom stereocenters. The molecule has 36 heavy (non-hydrogen) atoms. The number of benzene rings is 1. The number of aromatic nitrogens is 1. The van der Waals surface area contributed by atoms with Crippen LogP contribution in [0.5, 0.6) is 11.5 Å². The summed E-state index contributed by atoms with van der Waals surface area (Å²) in [6.07, 6.45) is 10.7. The van der Waals surface area contributed by atoms with Gasteiger partial charge in [-0.25, -0.2) is 0 Å². The summed E-state index contributed by atoms with van der Waals surface area (Å²) >= 11 is 0. The van der Waals surface area contributed by atoms with Gasteiger partial charge in [0.05, 0.1) is 25.6 Å². The quantitative estimate of drug-likeness (QED) is 0.361. The van der Waals surface area contributed by atoms with Crippen molar-refractivity contribution in [3.63, 3.8) is 0 Å². The molecule has 1 aliphatic heterocycles. The van der Waals surface area contributed by atoms with Crippen LogP contribution in [0.3, 0.4) is 0 Å². The third-order valence-electron chi connectivity index (χ3n) is 5.53. The number of rotatable bonds is 10. The van der Waals surface area contributed by atoms with Gasteiger partial charge in [-0.3, -0.25) is 9.78 Å². The molecule has 7 heteroatoms. The van der Waals surface area contributed by atoms with Gasteiger partial charge in [-0.1, -0.05) is 25.5 Å². The van der Waals surface area contributed by atoms with Crippen LogP contribution in [0.4, 0.5) is 0 Å². The number of nitrogens with zero attached hydrogens (tertiary/aromatic N) is 2. The lowest BCUT2D eigenvalue weighted by atomic mass is 10.1. The Labute approximate surface area is 217 Å². The fourth-order valence-corrected chi connectivity index (χ4v) is 3.53. The minimum atomic E-state index is 0.0558. The van der Waals surface area contributed by atoms with Gasteiger partial charge in [-0.15, -0.1) is 0 Å². The molecule has 7 nitrogen and oxygen atoms in total. The normalized spacial score (nSPS) is 13.3. The highest BCUT2D eigenvalue weighted by molar-refractivity contribution is 5.91. The number of ketones is 1. The second-order valence-electron chi connectivity index (χ2n) is 8.60. The van der Waals surface area contributed by atoms with E-state index in [9.17, 15) is 4.79 Å². The van der Waals surface area contributed by atoms with Crippen molar-refractivity contribution in [1.82, 2.24) is 9.88 Å². The van der Waals surface area contributed by atoms with Crippen LogP contribution in [0.2, 0.25) is 0 Å². The van der Waals surface area contributed by atoms with E-state index >= 15 is 0 Å². The van der Waals surface area contributed by atoms with Gasteiger partial charge in [0.25, 0.3) is 0 Å². The highest BCUT2D eigenvalue weighted by Crippen LogP contribution is 2.17. The molecule has 0 atom stereocenters. The molecule has 0 radical (unpaired) electrons. The van der Waals surface area contributed by atoms with Crippen LogP contribution in [0.25, 0.3) is 6.08 Å². The molecule has 1 fully saturated rings. The van der Waals surface area contributed by atoms with Crippen molar-refractivity contribution in [2.45, 2.75) is 53.0 Å². The van der Waals surface area contributed by atoms with Gasteiger partial charge in [0.2, 0.25) is 0 Å². The van der Waals surface area contributed by atoms with E-state index in [1.54, 1.807) is 26.5 Å². The van der Waals surface area contributed by atoms with E-state index in [1.807, 2.05) is 43.3 Å². The van der Waals surface area contributed by atoms with Crippen LogP contribution in [0.15, 0.2) is 42.6 Å². The predicted octanol–water partition coefficient (Wildman–Crippen LogP) is 5.05. The summed E-state index contributed by atoms with van der Waals surface area (Å²) in [5.41, 5.74) is 8.40. The molecule has 1 aromatic carbocycles. The molecule has 1 aromatic heterocycles. The van der Waals surface area contributed by atoms with E-state index in [4.69, 9.17) is 19.9 Å². The van der Waals surface area contributed by atoms with E-state index in [0.717, 1.165) is 28.3 Å². The third-order valence-corrected chi connectivity index (χ3v) is 5.53. The molecule has 2 heterocycles. The topological polar surface area (TPSA) is 86.9 Å². The predicted molar refractivity (Wildman–Crippen MR) is 148 cm³/mol. The molecule has 3 rings (SSSR count). The van der Waals surface area contributed by atoms with Gasteiger partial charge in [-0.2, -0.15) is 0 Å². The molecular formula is C29H45N3O4. The number of allylic oxidation sites excluding steroid dienone is 1. The van der Waals surface area contributed by atoms with Gasteiger partial charge in [-0.05, 0) is 94.2 Å². The summed E-state index contributed by atoms with van der Waals surface area (Å²) < 4.78 is 15.2. The number of carbonyl (C=O) groups excluding carboxylic acids is 1. The number of carbonyl (C=O) groups is 1. The first-order chi connectivity index (χ1) is 17.4. The smallest absolute Gasteiger partial charge is 0.152 e. The Kier molecular flexibility index (Phi) is 16.9. The van der Waals surface area contributed by atoms with Crippen LogP contribution in [-0.2, 0) is 16.1 Å². The first kappa shape index (κ1) is 31.3. The van der Waals surface area contributed by atoms with Gasteiger partial charge < -0.3 is 24.8 Å². The first-order valence-electron chi connectivity index (χ1n) is 12.8. The average Bonchev–Trinajstić information content (AvgIpc) is 2.90. The molecule has 0 amide bonds. The van der Waals surface area contributed by atoms with Crippen molar-refractivity contribution in [3.8, 4) is 11.5 Å². The second-order valence-corrected chi connectivity index (χ2v) is 8.60. The lowest BCUT2D eigenvalue weighted by Gasteiger charge is -2.25. The van der Waals surface area contributed by atoms with Gasteiger partial charge in [0.1, 0.15) is 18.1 Å². The van der Waals surface area contributed by atoms with Crippen LogP contribution in [0.1, 0.15) is 56.4 Å². The van der Waals surface area contributed by atoms with Crippen LogP contribution >= 0.6 is 0 Å². The third kappa shape index (κ3) is 14.0. The van der Waals surface area contributed by atoms with Crippen molar-refractivity contribution >= 4 is 11.9 Å². The van der Waals surface area contributed by atoms with Gasteiger partial charge >= 0.3 is 0 Å². The van der Waals surface area contributed by atoms with E-state index in [0.29, 0.717) is 19.8 Å². The Balaban J connectivity index is 0.000000276. The molecule has 0 spiro atoms. The Hall–Kier alpha value is -2.74. The standard InChI is InChI=1S/C12H14O2.C9H14N2O2.C8H17N/c1-9-8-12(14-3)7-6-11(9)5-4-10(2)13;1-12-4-5-13-9-3-2-8(6-10)11-7-9;1-2-6-9-7-4-3-5-8-9/h4-8H,1-3H3;2-3,7H,4-6,10H2,1H3;2-8H2,1H3/b5-4-;;. The summed E-state index contributed by atoms with van der Waals surface area (Å²) in [7, 11) is 3.28. The summed E-state index contributed by atoms with van der Waals surface area (Å²) in [6, 6.07) is 9.47. The molecule has 1 saturated heterocycles. The molecule has 0 aliphatic carbocycles. The van der Waals surface area contributed by atoms with Gasteiger partial charge in [0.15, 0.2) is 5.78 Å². The molecule has 0 bridgehead atoms. The zero-order chi connectivity index (χ0) is 26.6. The minimum absolute atomic E-state index is 0.0558. The maximum Gasteiger partial charge on any atom is 0.152 e. The number of pyridine rings is 1. The Morgan fingerprint density at radius 3 is 2.33 bits per heavy atom. The fraction of sp³-hybridized carbons (Fsp3) is 0.517. The summed E-state index contributed by atoms with van der Waals surface area (Å²) in [6.45, 7) is 11.4. The zero-order valence-electron chi connectivity index (χ0n) is 22.8. The van der Waals surface area contributed by atoms with E-state index in [-0.39, 0.29) is 5.78 Å². The SMILES string of the molecule is CCCN1CCCCC1.COCCOc1ccc(CN)nc1.COc1ccc(/C=C\C(C)=O)c(C)c1. The minimum Gasteiger partial charge on any atom is -0.497 e. The number of nitrogens with two attached hydrogens (primary N) is 1. The Morgan fingerprint density at radius 2 is 1.81 bits per heavy atom. The zero-order valence-corrected chi connectivity index (χ0v) is 22.8. The number of likely N-dealkylation sites (tertiary alicyclic amines) is 1. The monoisotopic (exact) mass is 499 g/mol. The molecule has 0 saturated carbocycles. The van der Waals surface area contributed by atoms with Crippen molar-refractivity contribution < 1.29 is 19.0 Å². The maximum atomic E-state index is 10.7. The number of hydrogen-bond donors (Lipinski definition) is 1. The van der Waals surface area contributed by atoms with E-state index in [1.165, 1.54) is 52.2 Å². The number of methoxy groups -OCH3 is 2. The molecule has 200 valence electrons. The average molecular weight is 500 g/mol. The Morgan fingerprint density at radius 1 is 1.08 bits per heavy atom. The fourth-order valence-electron chi connectivity index (χ4n) is 3.53. The van der Waals surface area contributed by atoms with Gasteiger partial charge in [0, 0.05) is 13.7 Å². The van der Waals surface area contributed by atoms with E-state index < -0.39 is 0 Å². The maximum absolute atomic E-state index is 10.7. The van der Waals surface area contributed by atoms with Crippen LogP contribution in [-0.4, -0.2) is 62.7 Å². The number of aryl methyl sites for hydroxylation is 1. The van der Waals surface area contributed by atoms with Crippen LogP contribution < -0.4 is 15.2 Å². The lowest BCUT2D eigenvalue weighted by molar-refractivity contribution is -0.112. The first-order valence-corrected chi connectivity index (χ1v) is 12.8. The number of ether oxygens (including phenoxy) is 3. The van der Waals surface area contributed by atoms with Crippen molar-refractivity contribution in [2.75, 3.05) is 47.1 Å². The molecule has 2 N–H and O–H groups in total. The second kappa shape index (κ2) is 19.4. The van der Waals surface area contributed by atoms with Crippen molar-refractivity contribution in [3.05, 3.63) is 59.4 Å². The highest BCUT2D eigenvalue weighted by Gasteiger charge is 2.07. The highest BCUT2D eigenvalue weighted by atomic mass is 16.5. The van der Waals surface area contributed by atoms with E-state index in [2.05, 4.69) is 16.8 Å². The number of hydrogen-bond acceptors (Lipinski definition) is 7. The molecule has 2 aromatic rings.